The molecule has 0 aliphatic carbocycles. The van der Waals surface area contributed by atoms with Gasteiger partial charge in [0.2, 0.25) is 0 Å². The molecule has 0 atom stereocenters. The van der Waals surface area contributed by atoms with E-state index in [2.05, 4.69) is 32.5 Å². The molecule has 284 valence electrons. The third-order valence-corrected chi connectivity index (χ3v) is 6.57. The van der Waals surface area contributed by atoms with Crippen LogP contribution in [0.2, 0.25) is 10.0 Å². The van der Waals surface area contributed by atoms with E-state index in [1.165, 1.54) is 19.9 Å². The number of benzene rings is 2. The number of fused-ring (bicyclic) bond motifs is 2. The molecule has 3 N–H and O–H groups in total. The van der Waals surface area contributed by atoms with Gasteiger partial charge in [-0.2, -0.15) is 9.97 Å². The molecule has 2 aromatic carbocycles. The van der Waals surface area contributed by atoms with Crippen molar-refractivity contribution in [1.82, 2.24) is 20.6 Å². The van der Waals surface area contributed by atoms with Crippen molar-refractivity contribution >= 4 is 81.2 Å². The normalized spacial score (nSPS) is 11.0. The molecule has 0 saturated heterocycles. The number of oxazole rings is 2. The van der Waals surface area contributed by atoms with Crippen LogP contribution in [0.5, 0.6) is 0 Å². The lowest BCUT2D eigenvalue weighted by atomic mass is 10.2. The zero-order valence-electron chi connectivity index (χ0n) is 30.9. The lowest BCUT2D eigenvalue weighted by molar-refractivity contribution is -0.117. The topological polar surface area (TPSA) is 178 Å². The van der Waals surface area contributed by atoms with Crippen molar-refractivity contribution in [3.63, 3.8) is 0 Å². The molecule has 0 bridgehead atoms. The molecule has 0 aliphatic rings. The largest absolute Gasteiger partial charge is 0.444 e. The zero-order valence-corrected chi connectivity index (χ0v) is 32.4. The molecule has 52 heavy (non-hydrogen) atoms. The van der Waals surface area contributed by atoms with Gasteiger partial charge in [0.25, 0.3) is 12.0 Å². The number of amides is 2. The summed E-state index contributed by atoms with van der Waals surface area (Å²) in [6.07, 6.45) is 0.688. The first kappa shape index (κ1) is 43.3. The Labute approximate surface area is 313 Å². The van der Waals surface area contributed by atoms with E-state index in [1.807, 2.05) is 25.7 Å². The summed E-state index contributed by atoms with van der Waals surface area (Å²) in [4.78, 5) is 54.7. The molecule has 16 heteroatoms. The predicted octanol–water partition coefficient (Wildman–Crippen LogP) is 7.97. The molecule has 2 aromatic heterocycles. The van der Waals surface area contributed by atoms with Gasteiger partial charge in [-0.15, -0.1) is 0 Å². The monoisotopic (exact) mass is 762 g/mol. The van der Waals surface area contributed by atoms with Crippen LogP contribution < -0.4 is 20.9 Å². The number of alkyl carbamates (subject to hydrolysis) is 2. The average Bonchev–Trinajstić information content (AvgIpc) is 3.62. The third kappa shape index (κ3) is 17.4. The molecule has 14 nitrogen and oxygen atoms in total. The van der Waals surface area contributed by atoms with Gasteiger partial charge in [0, 0.05) is 49.2 Å². The fourth-order valence-electron chi connectivity index (χ4n) is 3.85. The van der Waals surface area contributed by atoms with E-state index in [4.69, 9.17) is 41.5 Å². The van der Waals surface area contributed by atoms with Gasteiger partial charge in [-0.25, -0.2) is 9.59 Å². The number of hydrogen-bond donors (Lipinski definition) is 3. The molecule has 0 unspecified atom stereocenters. The molecule has 0 saturated carbocycles. The van der Waals surface area contributed by atoms with Crippen molar-refractivity contribution in [3.8, 4) is 0 Å². The second kappa shape index (κ2) is 20.3. The first-order chi connectivity index (χ1) is 24.2. The number of halogens is 2. The molecule has 4 rings (SSSR count). The minimum atomic E-state index is -0.558. The molecule has 0 fully saturated rings. The van der Waals surface area contributed by atoms with Crippen LogP contribution in [0, 0.1) is 0 Å². The number of anilines is 2. The summed E-state index contributed by atoms with van der Waals surface area (Å²) in [5.74, 6) is 0.0826. The van der Waals surface area contributed by atoms with Gasteiger partial charge < -0.3 is 39.2 Å². The van der Waals surface area contributed by atoms with Crippen LogP contribution in [0.1, 0.15) is 61.8 Å². The van der Waals surface area contributed by atoms with Crippen molar-refractivity contribution in [3.05, 3.63) is 59.1 Å². The number of Topliss-reactive ketones (excluding diaryl/α,β-unsaturated/α-hetero) is 1. The zero-order chi connectivity index (χ0) is 39.1. The second-order valence-corrected chi connectivity index (χ2v) is 14.2. The summed E-state index contributed by atoms with van der Waals surface area (Å²) in [5, 5.41) is 9.48. The van der Waals surface area contributed by atoms with Gasteiger partial charge in [0.05, 0.1) is 0 Å². The van der Waals surface area contributed by atoms with E-state index in [0.717, 1.165) is 0 Å². The highest BCUT2D eigenvalue weighted by atomic mass is 35.5. The summed E-state index contributed by atoms with van der Waals surface area (Å²) in [5.41, 5.74) is 1.53. The third-order valence-electron chi connectivity index (χ3n) is 6.10. The number of ketones is 2. The van der Waals surface area contributed by atoms with Gasteiger partial charge in [-0.1, -0.05) is 29.8 Å². The van der Waals surface area contributed by atoms with Gasteiger partial charge >= 0.3 is 12.2 Å². The average molecular weight is 764 g/mol. The van der Waals surface area contributed by atoms with E-state index in [0.29, 0.717) is 83.4 Å². The van der Waals surface area contributed by atoms with Gasteiger partial charge in [0.1, 0.15) is 28.0 Å². The van der Waals surface area contributed by atoms with Crippen LogP contribution in [0.3, 0.4) is 0 Å². The molecular formula is C36H48Cl2N6O8. The van der Waals surface area contributed by atoms with E-state index in [9.17, 15) is 19.2 Å². The standard InChI is InChI=1S/C18H24ClN3O4.C14H18ClN3O3.C4H6O/c1-12(23)7-9-22(10-8-20-17(24)26-18(2,3)4)16-21-14-11-13(19)5-6-15(14)25-16;1-14(2,3)21-13(19)17-7-6-16-12-18-10-8-9(15)4-5-11(10)20-12;1-3-4(2)5/h5-6,11H,7-10H2,1-4H3,(H,20,24);4-5,8H,6-7H2,1-3H3,(H,16,18)(H,17,19);3H,1H2,2H3. The highest BCUT2D eigenvalue weighted by Gasteiger charge is 2.19. The quantitative estimate of drug-likeness (QED) is 0.0938. The number of hydrogen-bond acceptors (Lipinski definition) is 12. The number of ether oxygens (including phenoxy) is 2. The number of aromatic nitrogens is 2. The Morgan fingerprint density at radius 1 is 0.788 bits per heavy atom. The Morgan fingerprint density at radius 3 is 1.79 bits per heavy atom. The fraction of sp³-hybridized carbons (Fsp3) is 0.444. The van der Waals surface area contributed by atoms with Crippen molar-refractivity contribution in [2.75, 3.05) is 42.9 Å². The van der Waals surface area contributed by atoms with E-state index in [-0.39, 0.29) is 11.6 Å². The summed E-state index contributed by atoms with van der Waals surface area (Å²) in [7, 11) is 0. The Balaban J connectivity index is 0.000000324. The maximum Gasteiger partial charge on any atom is 0.407 e. The predicted molar refractivity (Wildman–Crippen MR) is 203 cm³/mol. The first-order valence-electron chi connectivity index (χ1n) is 16.4. The lowest BCUT2D eigenvalue weighted by Crippen LogP contribution is -2.38. The van der Waals surface area contributed by atoms with Crippen molar-refractivity contribution in [1.29, 1.82) is 0 Å². The molecule has 2 heterocycles. The number of carbonyl (C=O) groups excluding carboxylic acids is 4. The lowest BCUT2D eigenvalue weighted by Gasteiger charge is -2.22. The maximum absolute atomic E-state index is 11.8. The minimum absolute atomic E-state index is 0.0185. The van der Waals surface area contributed by atoms with Gasteiger partial charge in [-0.05, 0) is 97.9 Å². The Hall–Kier alpha value is -4.82. The number of nitrogens with one attached hydrogen (secondary N) is 3. The van der Waals surface area contributed by atoms with Crippen LogP contribution in [-0.2, 0) is 19.1 Å². The fourth-order valence-corrected chi connectivity index (χ4v) is 4.18. The van der Waals surface area contributed by atoms with Gasteiger partial charge in [-0.3, -0.25) is 9.59 Å². The second-order valence-electron chi connectivity index (χ2n) is 13.3. The van der Waals surface area contributed by atoms with Crippen LogP contribution >= 0.6 is 23.2 Å². The SMILES string of the molecule is C=CC(C)=O.CC(=O)CCN(CCNC(=O)OC(C)(C)C)c1nc2cc(Cl)ccc2o1.CC(C)(C)OC(=O)NCCNc1nc2cc(Cl)ccc2o1. The van der Waals surface area contributed by atoms with Crippen molar-refractivity contribution < 1.29 is 37.5 Å². The Kier molecular flexibility index (Phi) is 16.9. The number of rotatable bonds is 12. The highest BCUT2D eigenvalue weighted by molar-refractivity contribution is 6.31. The van der Waals surface area contributed by atoms with Crippen LogP contribution in [0.15, 0.2) is 57.9 Å². The minimum Gasteiger partial charge on any atom is -0.444 e. The number of nitrogens with zero attached hydrogens (tertiary/aromatic N) is 3. The molecule has 0 radical (unpaired) electrons. The van der Waals surface area contributed by atoms with E-state index >= 15 is 0 Å². The molecule has 0 spiro atoms. The van der Waals surface area contributed by atoms with E-state index < -0.39 is 23.4 Å². The Morgan fingerprint density at radius 2 is 1.29 bits per heavy atom. The number of carbonyl (C=O) groups is 4. The Bertz CT molecular complexity index is 1810. The summed E-state index contributed by atoms with van der Waals surface area (Å²) in [6, 6.07) is 11.2. The highest BCUT2D eigenvalue weighted by Crippen LogP contribution is 2.25. The van der Waals surface area contributed by atoms with Crippen LogP contribution in [-0.4, -0.2) is 77.6 Å². The summed E-state index contributed by atoms with van der Waals surface area (Å²) in [6.45, 7) is 19.1. The molecule has 4 aromatic rings. The van der Waals surface area contributed by atoms with Crippen LogP contribution in [0.25, 0.3) is 22.2 Å². The molecule has 2 amide bonds. The first-order valence-corrected chi connectivity index (χ1v) is 17.2. The van der Waals surface area contributed by atoms with Crippen LogP contribution in [0.4, 0.5) is 21.6 Å². The smallest absolute Gasteiger partial charge is 0.407 e. The van der Waals surface area contributed by atoms with E-state index in [1.54, 1.807) is 57.2 Å². The van der Waals surface area contributed by atoms with Crippen molar-refractivity contribution in [2.45, 2.75) is 73.0 Å². The van der Waals surface area contributed by atoms with Gasteiger partial charge in [0.15, 0.2) is 16.9 Å². The number of allylic oxidation sites excluding steroid dienone is 1. The molecule has 0 aliphatic heterocycles. The maximum atomic E-state index is 11.8. The summed E-state index contributed by atoms with van der Waals surface area (Å²) >= 11 is 11.9. The van der Waals surface area contributed by atoms with Crippen molar-refractivity contribution in [2.24, 2.45) is 0 Å². The molecular weight excluding hydrogens is 715 g/mol. The summed E-state index contributed by atoms with van der Waals surface area (Å²) < 4.78 is 21.6.